The zero-order chi connectivity index (χ0) is 12.6. The van der Waals surface area contributed by atoms with E-state index in [1.165, 1.54) is 5.56 Å². The lowest BCUT2D eigenvalue weighted by Gasteiger charge is -2.27. The molecule has 1 aromatic carbocycles. The summed E-state index contributed by atoms with van der Waals surface area (Å²) in [6.07, 6.45) is 1.58. The summed E-state index contributed by atoms with van der Waals surface area (Å²) in [6.45, 7) is 4.85. The van der Waals surface area contributed by atoms with Gasteiger partial charge in [0, 0.05) is 18.2 Å². The average molecular weight is 244 g/mol. The van der Waals surface area contributed by atoms with Crippen molar-refractivity contribution in [3.8, 4) is 5.75 Å². The van der Waals surface area contributed by atoms with Crippen molar-refractivity contribution in [2.75, 3.05) is 0 Å². The fourth-order valence-electron chi connectivity index (χ4n) is 2.42. The Morgan fingerprint density at radius 3 is 2.89 bits per heavy atom. The van der Waals surface area contributed by atoms with E-state index in [0.29, 0.717) is 6.54 Å². The third-order valence-electron chi connectivity index (χ3n) is 3.28. The van der Waals surface area contributed by atoms with Crippen LogP contribution in [0.4, 0.5) is 0 Å². The number of nitrogens with zero attached hydrogens (tertiary/aromatic N) is 1. The molecule has 3 rings (SSSR count). The number of hydrogen-bond donors (Lipinski definition) is 1. The first kappa shape index (κ1) is 11.3. The number of nitrogens with one attached hydrogen (secondary N) is 1. The summed E-state index contributed by atoms with van der Waals surface area (Å²) in [6, 6.07) is 10.2. The largest absolute Gasteiger partial charge is 0.486 e. The maximum atomic E-state index is 5.97. The lowest BCUT2D eigenvalue weighted by molar-refractivity contribution is 0.0955. The highest BCUT2D eigenvalue weighted by atomic mass is 16.5. The van der Waals surface area contributed by atoms with Crippen LogP contribution in [0.15, 0.2) is 41.1 Å². The molecule has 1 aliphatic rings. The van der Waals surface area contributed by atoms with Gasteiger partial charge in [0.15, 0.2) is 0 Å². The third-order valence-corrected chi connectivity index (χ3v) is 3.28. The summed E-state index contributed by atoms with van der Waals surface area (Å²) in [5.74, 6) is 0.958. The van der Waals surface area contributed by atoms with Crippen LogP contribution in [0.5, 0.6) is 5.75 Å². The first-order valence-corrected chi connectivity index (χ1v) is 6.07. The summed E-state index contributed by atoms with van der Waals surface area (Å²) >= 11 is 0. The third kappa shape index (κ3) is 1.88. The lowest BCUT2D eigenvalue weighted by Crippen LogP contribution is -2.38. The molecule has 0 fully saturated rings. The van der Waals surface area contributed by atoms with Crippen LogP contribution in [-0.4, -0.2) is 10.8 Å². The number of aromatic nitrogens is 1. The molecule has 0 aliphatic carbocycles. The molecule has 1 atom stereocenters. The molecule has 0 saturated carbocycles. The van der Waals surface area contributed by atoms with Gasteiger partial charge < -0.3 is 14.6 Å². The minimum Gasteiger partial charge on any atom is -0.486 e. The monoisotopic (exact) mass is 244 g/mol. The van der Waals surface area contributed by atoms with Gasteiger partial charge in [0.25, 0.3) is 0 Å². The standard InChI is InChI=1S/C14H16N2O2/c1-14(2)13(15-9-10-7-8-17-16-10)11-5-3-4-6-12(11)18-14/h3-8,13,15H,9H2,1-2H3. The van der Waals surface area contributed by atoms with Crippen LogP contribution in [0.1, 0.15) is 31.1 Å². The Balaban J connectivity index is 1.81. The highest BCUT2D eigenvalue weighted by Gasteiger charge is 2.40. The topological polar surface area (TPSA) is 47.3 Å². The van der Waals surface area contributed by atoms with E-state index in [9.17, 15) is 0 Å². The van der Waals surface area contributed by atoms with E-state index in [4.69, 9.17) is 9.26 Å². The summed E-state index contributed by atoms with van der Waals surface area (Å²) in [7, 11) is 0. The van der Waals surface area contributed by atoms with Crippen LogP contribution >= 0.6 is 0 Å². The molecule has 0 bridgehead atoms. The predicted molar refractivity (Wildman–Crippen MR) is 67.2 cm³/mol. The Hall–Kier alpha value is -1.81. The molecule has 0 amide bonds. The summed E-state index contributed by atoms with van der Waals surface area (Å²) in [5.41, 5.74) is 1.84. The highest BCUT2D eigenvalue weighted by Crippen LogP contribution is 2.42. The molecule has 2 heterocycles. The quantitative estimate of drug-likeness (QED) is 0.901. The van der Waals surface area contributed by atoms with E-state index in [0.717, 1.165) is 11.4 Å². The molecule has 1 N–H and O–H groups in total. The van der Waals surface area contributed by atoms with Crippen molar-refractivity contribution in [2.45, 2.75) is 32.0 Å². The van der Waals surface area contributed by atoms with Gasteiger partial charge >= 0.3 is 0 Å². The molecule has 4 heteroatoms. The van der Waals surface area contributed by atoms with Crippen molar-refractivity contribution in [2.24, 2.45) is 0 Å². The maximum absolute atomic E-state index is 5.97. The zero-order valence-electron chi connectivity index (χ0n) is 10.5. The van der Waals surface area contributed by atoms with E-state index < -0.39 is 0 Å². The van der Waals surface area contributed by atoms with Crippen LogP contribution < -0.4 is 10.1 Å². The normalized spacial score (nSPS) is 20.4. The van der Waals surface area contributed by atoms with E-state index >= 15 is 0 Å². The second-order valence-corrected chi connectivity index (χ2v) is 5.05. The van der Waals surface area contributed by atoms with Crippen molar-refractivity contribution in [3.05, 3.63) is 47.9 Å². The van der Waals surface area contributed by atoms with E-state index in [2.05, 4.69) is 30.4 Å². The summed E-state index contributed by atoms with van der Waals surface area (Å²) in [4.78, 5) is 0. The van der Waals surface area contributed by atoms with Gasteiger partial charge in [0.2, 0.25) is 0 Å². The highest BCUT2D eigenvalue weighted by molar-refractivity contribution is 5.42. The van der Waals surface area contributed by atoms with Gasteiger partial charge in [-0.05, 0) is 19.9 Å². The molecule has 1 aromatic heterocycles. The van der Waals surface area contributed by atoms with Crippen molar-refractivity contribution in [1.82, 2.24) is 10.5 Å². The molecule has 2 aromatic rings. The van der Waals surface area contributed by atoms with Crippen LogP contribution in [0, 0.1) is 0 Å². The lowest BCUT2D eigenvalue weighted by atomic mass is 9.94. The van der Waals surface area contributed by atoms with Crippen molar-refractivity contribution < 1.29 is 9.26 Å². The second-order valence-electron chi connectivity index (χ2n) is 5.05. The van der Waals surface area contributed by atoms with Crippen molar-refractivity contribution in [3.63, 3.8) is 0 Å². The maximum Gasteiger partial charge on any atom is 0.125 e. The van der Waals surface area contributed by atoms with E-state index in [1.807, 2.05) is 24.3 Å². The van der Waals surface area contributed by atoms with Gasteiger partial charge in [0.1, 0.15) is 17.6 Å². The van der Waals surface area contributed by atoms with Crippen molar-refractivity contribution >= 4 is 0 Å². The zero-order valence-corrected chi connectivity index (χ0v) is 10.5. The molecule has 0 saturated heterocycles. The van der Waals surface area contributed by atoms with Gasteiger partial charge in [-0.2, -0.15) is 0 Å². The first-order valence-electron chi connectivity index (χ1n) is 6.07. The van der Waals surface area contributed by atoms with E-state index in [-0.39, 0.29) is 11.6 Å². The van der Waals surface area contributed by atoms with Gasteiger partial charge in [0.05, 0.1) is 11.7 Å². The Labute approximate surface area is 106 Å². The number of para-hydroxylation sites is 1. The number of rotatable bonds is 3. The van der Waals surface area contributed by atoms with Gasteiger partial charge in [-0.25, -0.2) is 0 Å². The molecule has 18 heavy (non-hydrogen) atoms. The molecular weight excluding hydrogens is 228 g/mol. The Bertz CT molecular complexity index is 534. The number of fused-ring (bicyclic) bond motifs is 1. The molecule has 1 unspecified atom stereocenters. The molecule has 94 valence electrons. The molecular formula is C14H16N2O2. The average Bonchev–Trinajstić information content (AvgIpc) is 2.91. The van der Waals surface area contributed by atoms with E-state index in [1.54, 1.807) is 6.26 Å². The smallest absolute Gasteiger partial charge is 0.125 e. The fourth-order valence-corrected chi connectivity index (χ4v) is 2.42. The SMILES string of the molecule is CC1(C)Oc2ccccc2C1NCc1ccon1. The van der Waals surface area contributed by atoms with Gasteiger partial charge in [-0.3, -0.25) is 0 Å². The molecule has 1 aliphatic heterocycles. The predicted octanol–water partition coefficient (Wildman–Crippen LogP) is 2.68. The molecule has 0 spiro atoms. The van der Waals surface area contributed by atoms with Gasteiger partial charge in [-0.15, -0.1) is 0 Å². The fraction of sp³-hybridized carbons (Fsp3) is 0.357. The Morgan fingerprint density at radius 1 is 1.28 bits per heavy atom. The van der Waals surface area contributed by atoms with Crippen molar-refractivity contribution in [1.29, 1.82) is 0 Å². The van der Waals surface area contributed by atoms with Gasteiger partial charge in [-0.1, -0.05) is 23.4 Å². The Morgan fingerprint density at radius 2 is 2.11 bits per heavy atom. The first-order chi connectivity index (χ1) is 8.67. The van der Waals surface area contributed by atoms with Crippen LogP contribution in [-0.2, 0) is 6.54 Å². The van der Waals surface area contributed by atoms with Crippen LogP contribution in [0.3, 0.4) is 0 Å². The minimum atomic E-state index is -0.257. The summed E-state index contributed by atoms with van der Waals surface area (Å²) in [5, 5.41) is 7.39. The summed E-state index contributed by atoms with van der Waals surface area (Å²) < 4.78 is 10.8. The Kier molecular flexibility index (Phi) is 2.59. The molecule has 4 nitrogen and oxygen atoms in total. The van der Waals surface area contributed by atoms with Crippen LogP contribution in [0.25, 0.3) is 0 Å². The number of benzene rings is 1. The number of ether oxygens (including phenoxy) is 1. The second kappa shape index (κ2) is 4.14. The minimum absolute atomic E-state index is 0.158. The molecule has 0 radical (unpaired) electrons. The van der Waals surface area contributed by atoms with Crippen LogP contribution in [0.2, 0.25) is 0 Å². The number of hydrogen-bond acceptors (Lipinski definition) is 4.